The highest BCUT2D eigenvalue weighted by atomic mass is 16.5. The molecule has 1 aliphatic rings. The number of nitrogens with zero attached hydrogens (tertiary/aromatic N) is 1. The van der Waals surface area contributed by atoms with Gasteiger partial charge in [-0.05, 0) is 17.9 Å². The molecule has 1 fully saturated rings. The van der Waals surface area contributed by atoms with Crippen molar-refractivity contribution in [1.82, 2.24) is 10.3 Å². The van der Waals surface area contributed by atoms with E-state index in [1.165, 1.54) is 0 Å². The maximum Gasteiger partial charge on any atom is 0.270 e. The van der Waals surface area contributed by atoms with Crippen LogP contribution in [0, 0.1) is 5.92 Å². The number of aromatic nitrogens is 1. The second-order valence-electron chi connectivity index (χ2n) is 5.27. The van der Waals surface area contributed by atoms with E-state index in [4.69, 9.17) is 4.74 Å². The number of carbonyl (C=O) groups is 1. The molecular weight excluding hydrogens is 266 g/mol. The van der Waals surface area contributed by atoms with Crippen LogP contribution in [0.4, 0.5) is 5.82 Å². The predicted octanol–water partition coefficient (Wildman–Crippen LogP) is 2.04. The van der Waals surface area contributed by atoms with Crippen LogP contribution < -0.4 is 10.6 Å². The fraction of sp³-hybridized carbons (Fsp3) is 0.375. The fourth-order valence-corrected chi connectivity index (χ4v) is 2.58. The van der Waals surface area contributed by atoms with Gasteiger partial charge in [0.25, 0.3) is 5.91 Å². The lowest BCUT2D eigenvalue weighted by Crippen LogP contribution is -2.30. The summed E-state index contributed by atoms with van der Waals surface area (Å²) in [5.74, 6) is 1.00. The van der Waals surface area contributed by atoms with E-state index in [1.54, 1.807) is 0 Å². The zero-order valence-corrected chi connectivity index (χ0v) is 12.1. The van der Waals surface area contributed by atoms with E-state index in [0.29, 0.717) is 18.2 Å². The molecule has 1 aliphatic heterocycles. The van der Waals surface area contributed by atoms with Gasteiger partial charge in [-0.2, -0.15) is 0 Å². The van der Waals surface area contributed by atoms with Gasteiger partial charge in [0.2, 0.25) is 0 Å². The molecule has 0 aliphatic carbocycles. The largest absolute Gasteiger partial charge is 0.381 e. The van der Waals surface area contributed by atoms with Crippen LogP contribution >= 0.6 is 0 Å². The van der Waals surface area contributed by atoms with E-state index in [2.05, 4.69) is 15.6 Å². The zero-order chi connectivity index (χ0) is 14.7. The molecule has 1 aromatic heterocycles. The molecule has 1 atom stereocenters. The summed E-state index contributed by atoms with van der Waals surface area (Å²) in [6, 6.07) is 9.73. The Morgan fingerprint density at radius 2 is 2.29 bits per heavy atom. The van der Waals surface area contributed by atoms with Gasteiger partial charge in [0.05, 0.1) is 6.61 Å². The Kier molecular flexibility index (Phi) is 4.01. The molecule has 5 heteroatoms. The number of amides is 1. The number of benzene rings is 1. The summed E-state index contributed by atoms with van der Waals surface area (Å²) in [4.78, 5) is 16.7. The molecule has 1 saturated heterocycles. The fourth-order valence-electron chi connectivity index (χ4n) is 2.58. The highest BCUT2D eigenvalue weighted by molar-refractivity contribution is 6.00. The van der Waals surface area contributed by atoms with Crippen LogP contribution in [-0.2, 0) is 4.74 Å². The molecular formula is C16H19N3O2. The lowest BCUT2D eigenvalue weighted by molar-refractivity contribution is 0.0940. The van der Waals surface area contributed by atoms with Crippen molar-refractivity contribution < 1.29 is 9.53 Å². The molecule has 3 rings (SSSR count). The van der Waals surface area contributed by atoms with Crippen LogP contribution in [0.2, 0.25) is 0 Å². The summed E-state index contributed by atoms with van der Waals surface area (Å²) >= 11 is 0. The quantitative estimate of drug-likeness (QED) is 0.902. The summed E-state index contributed by atoms with van der Waals surface area (Å²) in [5.41, 5.74) is 0.442. The van der Waals surface area contributed by atoms with E-state index < -0.39 is 0 Å². The summed E-state index contributed by atoms with van der Waals surface area (Å²) < 4.78 is 5.31. The molecule has 5 nitrogen and oxygen atoms in total. The second-order valence-corrected chi connectivity index (χ2v) is 5.27. The van der Waals surface area contributed by atoms with Crippen LogP contribution in [0.3, 0.4) is 0 Å². The number of rotatable bonds is 4. The number of nitrogens with one attached hydrogen (secondary N) is 2. The predicted molar refractivity (Wildman–Crippen MR) is 82.5 cm³/mol. The Hall–Kier alpha value is -2.14. The van der Waals surface area contributed by atoms with E-state index in [-0.39, 0.29) is 5.91 Å². The summed E-state index contributed by atoms with van der Waals surface area (Å²) in [6.45, 7) is 2.16. The molecule has 21 heavy (non-hydrogen) atoms. The molecule has 1 amide bonds. The maximum absolute atomic E-state index is 12.3. The monoisotopic (exact) mass is 285 g/mol. The van der Waals surface area contributed by atoms with Gasteiger partial charge in [0.15, 0.2) is 0 Å². The Balaban J connectivity index is 1.80. The first-order chi connectivity index (χ1) is 10.3. The Labute approximate surface area is 123 Å². The van der Waals surface area contributed by atoms with Crippen molar-refractivity contribution in [1.29, 1.82) is 0 Å². The minimum absolute atomic E-state index is 0.135. The number of pyridine rings is 1. The number of ether oxygens (including phenoxy) is 1. The molecule has 0 bridgehead atoms. The van der Waals surface area contributed by atoms with E-state index in [9.17, 15) is 4.79 Å². The molecule has 2 heterocycles. The van der Waals surface area contributed by atoms with Gasteiger partial charge in [-0.15, -0.1) is 0 Å². The second kappa shape index (κ2) is 6.10. The minimum atomic E-state index is -0.135. The first kappa shape index (κ1) is 13.8. The molecule has 2 aromatic rings. The molecule has 0 spiro atoms. The molecule has 1 unspecified atom stereocenters. The molecule has 110 valence electrons. The average molecular weight is 285 g/mol. The van der Waals surface area contributed by atoms with Crippen molar-refractivity contribution in [2.24, 2.45) is 5.92 Å². The summed E-state index contributed by atoms with van der Waals surface area (Å²) in [5, 5.41) is 8.02. The van der Waals surface area contributed by atoms with Gasteiger partial charge in [0, 0.05) is 31.5 Å². The van der Waals surface area contributed by atoms with Crippen molar-refractivity contribution in [3.63, 3.8) is 0 Å². The number of fused-ring (bicyclic) bond motifs is 1. The minimum Gasteiger partial charge on any atom is -0.381 e. The van der Waals surface area contributed by atoms with Crippen LogP contribution in [0.15, 0.2) is 30.3 Å². The third-order valence-corrected chi connectivity index (χ3v) is 3.79. The third kappa shape index (κ3) is 2.97. The maximum atomic E-state index is 12.3. The van der Waals surface area contributed by atoms with Gasteiger partial charge in [-0.25, -0.2) is 4.98 Å². The zero-order valence-electron chi connectivity index (χ0n) is 12.1. The number of carbonyl (C=O) groups excluding carboxylic acids is 1. The third-order valence-electron chi connectivity index (χ3n) is 3.79. The van der Waals surface area contributed by atoms with Crippen molar-refractivity contribution in [2.45, 2.75) is 6.42 Å². The number of hydrogen-bond acceptors (Lipinski definition) is 4. The molecule has 2 N–H and O–H groups in total. The average Bonchev–Trinajstić information content (AvgIpc) is 3.04. The Morgan fingerprint density at radius 1 is 1.43 bits per heavy atom. The van der Waals surface area contributed by atoms with Crippen LogP contribution in [0.1, 0.15) is 16.9 Å². The van der Waals surface area contributed by atoms with Crippen LogP contribution in [-0.4, -0.2) is 37.7 Å². The van der Waals surface area contributed by atoms with E-state index in [0.717, 1.165) is 36.2 Å². The molecule has 1 aromatic carbocycles. The van der Waals surface area contributed by atoms with Gasteiger partial charge in [0.1, 0.15) is 11.5 Å². The van der Waals surface area contributed by atoms with E-state index in [1.807, 2.05) is 37.4 Å². The highest BCUT2D eigenvalue weighted by Gasteiger charge is 2.18. The SMILES string of the molecule is CNc1nc(C(=O)NCC2CCOC2)cc2ccccc12. The standard InChI is InChI=1S/C16H19N3O2/c1-17-15-13-5-3-2-4-12(13)8-14(19-15)16(20)18-9-11-6-7-21-10-11/h2-5,8,11H,6-7,9-10H2,1H3,(H,17,19)(H,18,20). The van der Waals surface area contributed by atoms with Gasteiger partial charge < -0.3 is 15.4 Å². The highest BCUT2D eigenvalue weighted by Crippen LogP contribution is 2.22. The summed E-state index contributed by atoms with van der Waals surface area (Å²) in [6.07, 6.45) is 1.01. The first-order valence-corrected chi connectivity index (χ1v) is 7.21. The first-order valence-electron chi connectivity index (χ1n) is 7.21. The smallest absolute Gasteiger partial charge is 0.270 e. The van der Waals surface area contributed by atoms with Crippen LogP contribution in [0.25, 0.3) is 10.8 Å². The topological polar surface area (TPSA) is 63.2 Å². The lowest BCUT2D eigenvalue weighted by Gasteiger charge is -2.11. The number of hydrogen-bond donors (Lipinski definition) is 2. The van der Waals surface area contributed by atoms with Crippen molar-refractivity contribution >= 4 is 22.5 Å². The van der Waals surface area contributed by atoms with E-state index >= 15 is 0 Å². The molecule has 0 radical (unpaired) electrons. The Bertz CT molecular complexity index is 651. The van der Waals surface area contributed by atoms with Crippen molar-refractivity contribution in [2.75, 3.05) is 32.1 Å². The lowest BCUT2D eigenvalue weighted by atomic mass is 10.1. The van der Waals surface area contributed by atoms with Crippen molar-refractivity contribution in [3.05, 3.63) is 36.0 Å². The van der Waals surface area contributed by atoms with Gasteiger partial charge in [-0.1, -0.05) is 24.3 Å². The summed E-state index contributed by atoms with van der Waals surface area (Å²) in [7, 11) is 1.81. The molecule has 0 saturated carbocycles. The van der Waals surface area contributed by atoms with Crippen molar-refractivity contribution in [3.8, 4) is 0 Å². The number of anilines is 1. The van der Waals surface area contributed by atoms with Gasteiger partial charge >= 0.3 is 0 Å². The van der Waals surface area contributed by atoms with Crippen LogP contribution in [0.5, 0.6) is 0 Å². The Morgan fingerprint density at radius 3 is 3.05 bits per heavy atom. The van der Waals surface area contributed by atoms with Gasteiger partial charge in [-0.3, -0.25) is 4.79 Å². The normalized spacial score (nSPS) is 17.9.